The summed E-state index contributed by atoms with van der Waals surface area (Å²) in [5.41, 5.74) is 7.00. The maximum absolute atomic E-state index is 3.85. The zero-order valence-corrected chi connectivity index (χ0v) is 17.6. The largest absolute Gasteiger partial charge is 0.310 e. The van der Waals surface area contributed by atoms with Gasteiger partial charge in [-0.25, -0.2) is 0 Å². The molecule has 134 valence electrons. The summed E-state index contributed by atoms with van der Waals surface area (Å²) >= 11 is 0. The number of hydrogen-bond acceptors (Lipinski definition) is 1. The van der Waals surface area contributed by atoms with Crippen molar-refractivity contribution in [3.63, 3.8) is 0 Å². The van der Waals surface area contributed by atoms with Gasteiger partial charge in [-0.15, -0.1) is 0 Å². The molecule has 2 aromatic carbocycles. The molecule has 2 atom stereocenters. The molecule has 0 saturated heterocycles. The molecule has 0 amide bonds. The van der Waals surface area contributed by atoms with E-state index in [9.17, 15) is 0 Å². The van der Waals surface area contributed by atoms with Crippen LogP contribution in [0.5, 0.6) is 0 Å². The van der Waals surface area contributed by atoms with Crippen molar-refractivity contribution in [1.29, 1.82) is 0 Å². The van der Waals surface area contributed by atoms with Crippen LogP contribution in [0.4, 0.5) is 0 Å². The van der Waals surface area contributed by atoms with Crippen LogP contribution in [-0.4, -0.2) is 15.3 Å². The predicted molar refractivity (Wildman–Crippen MR) is 112 cm³/mol. The van der Waals surface area contributed by atoms with E-state index in [0.29, 0.717) is 6.04 Å². The third kappa shape index (κ3) is 4.24. The van der Waals surface area contributed by atoms with Crippen LogP contribution in [0.2, 0.25) is 18.6 Å². The van der Waals surface area contributed by atoms with Gasteiger partial charge in [-0.1, -0.05) is 82.4 Å². The molecule has 0 saturated carbocycles. The molecule has 1 heterocycles. The van der Waals surface area contributed by atoms with Gasteiger partial charge in [0, 0.05) is 14.8 Å². The second-order valence-electron chi connectivity index (χ2n) is 8.94. The fraction of sp³-hybridized carbons (Fsp3) is 0.478. The minimum absolute atomic E-state index is 0.231. The SMILES string of the molecule is C[SiH](C)C(Cc1ccc(C(C)(C)C)cc1)C1NCCc2ccccc21. The van der Waals surface area contributed by atoms with E-state index < -0.39 is 8.80 Å². The maximum atomic E-state index is 3.85. The van der Waals surface area contributed by atoms with Crippen LogP contribution in [-0.2, 0) is 18.3 Å². The third-order valence-electron chi connectivity index (χ3n) is 5.72. The number of rotatable bonds is 4. The lowest BCUT2D eigenvalue weighted by Crippen LogP contribution is -2.37. The third-order valence-corrected chi connectivity index (χ3v) is 8.06. The van der Waals surface area contributed by atoms with Crippen molar-refractivity contribution in [1.82, 2.24) is 5.32 Å². The monoisotopic (exact) mass is 351 g/mol. The fourth-order valence-corrected chi connectivity index (χ4v) is 5.93. The highest BCUT2D eigenvalue weighted by atomic mass is 28.3. The minimum Gasteiger partial charge on any atom is -0.310 e. The van der Waals surface area contributed by atoms with Crippen molar-refractivity contribution in [2.75, 3.05) is 6.54 Å². The highest BCUT2D eigenvalue weighted by molar-refractivity contribution is 6.57. The van der Waals surface area contributed by atoms with Gasteiger partial charge in [0.2, 0.25) is 0 Å². The molecule has 0 fully saturated rings. The van der Waals surface area contributed by atoms with E-state index in [1.807, 2.05) is 0 Å². The maximum Gasteiger partial charge on any atom is 0.0365 e. The van der Waals surface area contributed by atoms with Crippen LogP contribution < -0.4 is 5.32 Å². The van der Waals surface area contributed by atoms with E-state index in [0.717, 1.165) is 12.1 Å². The van der Waals surface area contributed by atoms with Gasteiger partial charge >= 0.3 is 0 Å². The van der Waals surface area contributed by atoms with Gasteiger partial charge in [-0.05, 0) is 52.6 Å². The number of benzene rings is 2. The average molecular weight is 352 g/mol. The molecular formula is C23H33NSi. The van der Waals surface area contributed by atoms with Gasteiger partial charge in [0.05, 0.1) is 0 Å². The summed E-state index contributed by atoms with van der Waals surface area (Å²) in [5.74, 6) is 0. The van der Waals surface area contributed by atoms with E-state index in [4.69, 9.17) is 0 Å². The number of hydrogen-bond donors (Lipinski definition) is 1. The van der Waals surface area contributed by atoms with Crippen molar-refractivity contribution in [3.05, 3.63) is 70.8 Å². The van der Waals surface area contributed by atoms with Gasteiger partial charge in [0.15, 0.2) is 0 Å². The van der Waals surface area contributed by atoms with Crippen LogP contribution >= 0.6 is 0 Å². The molecule has 2 heteroatoms. The highest BCUT2D eigenvalue weighted by Gasteiger charge is 2.30. The summed E-state index contributed by atoms with van der Waals surface area (Å²) in [6, 6.07) is 19.0. The summed E-state index contributed by atoms with van der Waals surface area (Å²) in [7, 11) is -0.796. The summed E-state index contributed by atoms with van der Waals surface area (Å²) < 4.78 is 0. The van der Waals surface area contributed by atoms with E-state index in [2.05, 4.69) is 87.7 Å². The Morgan fingerprint density at radius 2 is 1.72 bits per heavy atom. The Bertz CT molecular complexity index is 697. The molecule has 0 aromatic heterocycles. The van der Waals surface area contributed by atoms with Crippen LogP contribution in [0.1, 0.15) is 49.1 Å². The fourth-order valence-electron chi connectivity index (χ4n) is 4.07. The van der Waals surface area contributed by atoms with E-state index in [1.54, 1.807) is 11.1 Å². The zero-order chi connectivity index (χ0) is 18.0. The second-order valence-corrected chi connectivity index (χ2v) is 12.3. The molecule has 3 rings (SSSR count). The Hall–Kier alpha value is -1.38. The Kier molecular flexibility index (Phi) is 5.50. The minimum atomic E-state index is -0.796. The average Bonchev–Trinajstić information content (AvgIpc) is 2.59. The normalized spacial score (nSPS) is 18.9. The molecule has 1 N–H and O–H groups in total. The van der Waals surface area contributed by atoms with E-state index >= 15 is 0 Å². The molecule has 0 spiro atoms. The molecule has 2 aromatic rings. The lowest BCUT2D eigenvalue weighted by Gasteiger charge is -2.35. The Morgan fingerprint density at radius 3 is 2.36 bits per heavy atom. The van der Waals surface area contributed by atoms with E-state index in [1.165, 1.54) is 24.0 Å². The topological polar surface area (TPSA) is 12.0 Å². The summed E-state index contributed by atoms with van der Waals surface area (Å²) in [6.45, 7) is 13.0. The van der Waals surface area contributed by atoms with Crippen molar-refractivity contribution < 1.29 is 0 Å². The smallest absolute Gasteiger partial charge is 0.0365 e. The Balaban J connectivity index is 1.83. The van der Waals surface area contributed by atoms with Gasteiger partial charge in [-0.2, -0.15) is 0 Å². The molecule has 1 nitrogen and oxygen atoms in total. The zero-order valence-electron chi connectivity index (χ0n) is 16.5. The molecule has 1 aliphatic rings. The summed E-state index contributed by atoms with van der Waals surface area (Å²) in [4.78, 5) is 0. The van der Waals surface area contributed by atoms with Crippen molar-refractivity contribution in [2.24, 2.45) is 0 Å². The second kappa shape index (κ2) is 7.47. The van der Waals surface area contributed by atoms with Crippen molar-refractivity contribution in [3.8, 4) is 0 Å². The van der Waals surface area contributed by atoms with Crippen LogP contribution in [0.25, 0.3) is 0 Å². The molecule has 2 unspecified atom stereocenters. The molecule has 1 aliphatic heterocycles. The lowest BCUT2D eigenvalue weighted by atomic mass is 9.86. The van der Waals surface area contributed by atoms with Crippen LogP contribution in [0, 0.1) is 0 Å². The van der Waals surface area contributed by atoms with Gasteiger partial charge < -0.3 is 5.32 Å². The predicted octanol–water partition coefficient (Wildman–Crippen LogP) is 5.27. The standard InChI is InChI=1S/C23H33NSi/c1-23(2,3)19-12-10-17(11-13-19)16-21(25(4)5)22-20-9-7-6-8-18(20)14-15-24-22/h6-13,21-22,24-25H,14-16H2,1-5H3. The van der Waals surface area contributed by atoms with Crippen molar-refractivity contribution in [2.45, 2.75) is 63.7 Å². The summed E-state index contributed by atoms with van der Waals surface area (Å²) in [6.07, 6.45) is 2.36. The Morgan fingerprint density at radius 1 is 1.04 bits per heavy atom. The molecule has 0 bridgehead atoms. The molecule has 25 heavy (non-hydrogen) atoms. The van der Waals surface area contributed by atoms with Crippen LogP contribution in [0.15, 0.2) is 48.5 Å². The lowest BCUT2D eigenvalue weighted by molar-refractivity contribution is 0.470. The van der Waals surface area contributed by atoms with Gasteiger partial charge in [0.1, 0.15) is 0 Å². The highest BCUT2D eigenvalue weighted by Crippen LogP contribution is 2.37. The van der Waals surface area contributed by atoms with E-state index in [-0.39, 0.29) is 5.41 Å². The van der Waals surface area contributed by atoms with Gasteiger partial charge in [0.25, 0.3) is 0 Å². The molecular weight excluding hydrogens is 318 g/mol. The first-order valence-electron chi connectivity index (χ1n) is 9.77. The number of fused-ring (bicyclic) bond motifs is 1. The van der Waals surface area contributed by atoms with Gasteiger partial charge in [-0.3, -0.25) is 0 Å². The summed E-state index contributed by atoms with van der Waals surface area (Å²) in [5, 5.41) is 3.85. The van der Waals surface area contributed by atoms with Crippen LogP contribution in [0.3, 0.4) is 0 Å². The first-order valence-corrected chi connectivity index (χ1v) is 12.7. The number of nitrogens with one attached hydrogen (secondary N) is 1. The first-order chi connectivity index (χ1) is 11.9. The molecule has 0 radical (unpaired) electrons. The van der Waals surface area contributed by atoms with Crippen molar-refractivity contribution >= 4 is 8.80 Å². The Labute approximate surface area is 155 Å². The first kappa shape index (κ1) is 18.4. The molecule has 0 aliphatic carbocycles. The quantitative estimate of drug-likeness (QED) is 0.740.